The Bertz CT molecular complexity index is 1780. The second-order valence-corrected chi connectivity index (χ2v) is 17.4. The molecule has 1 unspecified atom stereocenters. The van der Waals surface area contributed by atoms with Gasteiger partial charge in [0.25, 0.3) is 0 Å². The number of nitrogens with one attached hydrogen (secondary N) is 1. The number of nitrogens with two attached hydrogens (primary N) is 1. The van der Waals surface area contributed by atoms with Crippen LogP contribution in [0.1, 0.15) is 52.8 Å². The monoisotopic (exact) mass is 671 g/mol. The minimum atomic E-state index is -3.08. The number of anilines is 2. The van der Waals surface area contributed by atoms with Crippen LogP contribution in [0.4, 0.5) is 16.2 Å². The fraction of sp³-hybridized carbons (Fsp3) is 0.500. The zero-order valence-corrected chi connectivity index (χ0v) is 29.1. The van der Waals surface area contributed by atoms with E-state index in [1.165, 1.54) is 0 Å². The van der Waals surface area contributed by atoms with Gasteiger partial charge in [0.1, 0.15) is 25.3 Å². The van der Waals surface area contributed by atoms with E-state index in [0.29, 0.717) is 17.0 Å². The molecule has 0 saturated carbocycles. The molecular formula is C32H43FN7O4PS. The highest BCUT2D eigenvalue weighted by molar-refractivity contribution is 8.10. The van der Waals surface area contributed by atoms with Crippen LogP contribution in [0.2, 0.25) is 0 Å². The smallest absolute Gasteiger partial charge is 0.323 e. The summed E-state index contributed by atoms with van der Waals surface area (Å²) in [6.45, 7) is 9.36. The predicted octanol–water partition coefficient (Wildman–Crippen LogP) is 5.94. The molecule has 5 rings (SSSR count). The molecule has 11 nitrogen and oxygen atoms in total. The predicted molar refractivity (Wildman–Crippen MR) is 183 cm³/mol. The molecule has 0 radical (unpaired) electrons. The van der Waals surface area contributed by atoms with E-state index in [1.54, 1.807) is 22.7 Å². The summed E-state index contributed by atoms with van der Waals surface area (Å²) in [4.78, 5) is 27.9. The van der Waals surface area contributed by atoms with Crippen molar-refractivity contribution in [2.24, 2.45) is 11.3 Å². The Morgan fingerprint density at radius 1 is 1.26 bits per heavy atom. The van der Waals surface area contributed by atoms with Crippen LogP contribution >= 0.6 is 6.42 Å². The third kappa shape index (κ3) is 7.66. The first kappa shape index (κ1) is 34.1. The van der Waals surface area contributed by atoms with Crippen molar-refractivity contribution in [3.8, 4) is 0 Å². The zero-order chi connectivity index (χ0) is 33.4. The topological polar surface area (TPSA) is 130 Å². The molecule has 248 valence electrons. The summed E-state index contributed by atoms with van der Waals surface area (Å²) in [6, 6.07) is 13.1. The van der Waals surface area contributed by atoms with Crippen molar-refractivity contribution < 1.29 is 23.2 Å². The number of hydrogen-bond donors (Lipinski definition) is 2. The number of nitrogens with zero attached hydrogens (tertiary/aromatic N) is 5. The molecule has 46 heavy (non-hydrogen) atoms. The molecular weight excluding hydrogens is 628 g/mol. The number of imidazole rings is 1. The Morgan fingerprint density at radius 2 is 1.98 bits per heavy atom. The van der Waals surface area contributed by atoms with Gasteiger partial charge in [-0.3, -0.25) is 14.4 Å². The van der Waals surface area contributed by atoms with Crippen LogP contribution in [-0.4, -0.2) is 64.7 Å². The Hall–Kier alpha value is -3.22. The van der Waals surface area contributed by atoms with E-state index in [1.807, 2.05) is 84.3 Å². The van der Waals surface area contributed by atoms with Gasteiger partial charge in [0, 0.05) is 32.6 Å². The molecule has 1 aliphatic heterocycles. The summed E-state index contributed by atoms with van der Waals surface area (Å²) in [6.07, 6.45) is -1.90. The number of aromatic nitrogens is 4. The Morgan fingerprint density at radius 3 is 2.70 bits per heavy atom. The summed E-state index contributed by atoms with van der Waals surface area (Å²) < 4.78 is 36.2. The van der Waals surface area contributed by atoms with Gasteiger partial charge in [0.15, 0.2) is 17.0 Å². The number of nitrogen functional groups attached to an aromatic ring is 1. The van der Waals surface area contributed by atoms with E-state index in [2.05, 4.69) is 20.0 Å². The molecule has 3 N–H and O–H groups in total. The minimum absolute atomic E-state index is 0.0468. The van der Waals surface area contributed by atoms with E-state index in [-0.39, 0.29) is 36.5 Å². The lowest BCUT2D eigenvalue weighted by Gasteiger charge is -2.30. The molecule has 1 aliphatic rings. The van der Waals surface area contributed by atoms with Gasteiger partial charge in [-0.2, -0.15) is 9.97 Å². The molecule has 1 saturated heterocycles. The first-order valence-electron chi connectivity index (χ1n) is 15.3. The van der Waals surface area contributed by atoms with E-state index in [9.17, 15) is 4.79 Å². The van der Waals surface area contributed by atoms with Gasteiger partial charge in [0.2, 0.25) is 11.8 Å². The lowest BCUT2D eigenvalue weighted by atomic mass is 9.99. The number of benzene rings is 2. The van der Waals surface area contributed by atoms with Gasteiger partial charge in [-0.1, -0.05) is 70.2 Å². The number of fused-ring (bicyclic) bond motifs is 2. The summed E-state index contributed by atoms with van der Waals surface area (Å²) in [5.41, 5.74) is 7.72. The number of alkyl halides is 1. The lowest BCUT2D eigenvalue weighted by molar-refractivity contribution is -0.172. The van der Waals surface area contributed by atoms with E-state index in [0.717, 1.165) is 16.3 Å². The highest BCUT2D eigenvalue weighted by Crippen LogP contribution is 2.51. The average molecular weight is 672 g/mol. The Labute approximate surface area is 274 Å². The Balaban J connectivity index is 1.39. The van der Waals surface area contributed by atoms with Crippen molar-refractivity contribution >= 4 is 57.9 Å². The molecule has 0 bridgehead atoms. The summed E-state index contributed by atoms with van der Waals surface area (Å²) in [7, 11) is 3.67. The summed E-state index contributed by atoms with van der Waals surface area (Å²) >= 11 is 6.14. The number of rotatable bonds is 11. The number of carbonyl (C=O) groups excluding carboxylic acids is 1. The summed E-state index contributed by atoms with van der Waals surface area (Å²) in [5.74, 6) is -2.24. The number of esters is 1. The number of hydrogen-bond acceptors (Lipinski definition) is 10. The van der Waals surface area contributed by atoms with Crippen molar-refractivity contribution in [2.45, 2.75) is 65.3 Å². The van der Waals surface area contributed by atoms with Crippen molar-refractivity contribution in [3.63, 3.8) is 0 Å². The quantitative estimate of drug-likeness (QED) is 0.145. The van der Waals surface area contributed by atoms with Crippen LogP contribution in [0.3, 0.4) is 0 Å². The number of ether oxygens (including phenoxy) is 2. The van der Waals surface area contributed by atoms with E-state index in [4.69, 9.17) is 31.5 Å². The maximum absolute atomic E-state index is 16.6. The molecule has 3 heterocycles. The van der Waals surface area contributed by atoms with Crippen molar-refractivity contribution in [1.82, 2.24) is 24.6 Å². The largest absolute Gasteiger partial charge is 0.464 e. The van der Waals surface area contributed by atoms with Crippen molar-refractivity contribution in [2.75, 3.05) is 37.9 Å². The third-order valence-corrected chi connectivity index (χ3v) is 10.8. The normalized spacial score (nSPS) is 22.2. The molecule has 4 aromatic rings. The van der Waals surface area contributed by atoms with Gasteiger partial charge in [-0.25, -0.2) is 9.37 Å². The van der Waals surface area contributed by atoms with Gasteiger partial charge >= 0.3 is 5.97 Å². The van der Waals surface area contributed by atoms with Gasteiger partial charge in [-0.05, 0) is 40.5 Å². The molecule has 0 spiro atoms. The maximum Gasteiger partial charge on any atom is 0.323 e. The van der Waals surface area contributed by atoms with Gasteiger partial charge in [0.05, 0.1) is 12.9 Å². The minimum Gasteiger partial charge on any atom is -0.464 e. The highest BCUT2D eigenvalue weighted by Gasteiger charge is 2.48. The van der Waals surface area contributed by atoms with Crippen LogP contribution < -0.4 is 15.7 Å². The molecule has 0 aliphatic carbocycles. The summed E-state index contributed by atoms with van der Waals surface area (Å²) in [5, 5.41) is 5.30. The SMILES string of the molecule is C[C@H](NP(=S)(Cc1cccc2ccccc12)OC[C@]1(F)C[C@H](C)[C@H](n2cnc3c(N(C)C)nc(N)nc32)O1)C(=O)OCC(C)(C)C. The second-order valence-electron chi connectivity index (χ2n) is 13.5. The molecule has 1 fully saturated rings. The lowest BCUT2D eigenvalue weighted by Crippen LogP contribution is -2.37. The second kappa shape index (κ2) is 13.1. The Kier molecular flexibility index (Phi) is 9.73. The molecule has 5 atom stereocenters. The van der Waals surface area contributed by atoms with Crippen LogP contribution in [-0.2, 0) is 36.8 Å². The van der Waals surface area contributed by atoms with E-state index >= 15 is 4.39 Å². The van der Waals surface area contributed by atoms with E-state index < -0.39 is 37.1 Å². The highest BCUT2D eigenvalue weighted by atomic mass is 32.4. The standard InChI is InChI=1S/C32H43FN7O4PS/c1-20-15-32(33,44-28(20)40-19-35-25-26(39(6)7)36-30(34)37-27(25)40)18-43-45(46,38-21(2)29(41)42-17-31(3,4)5)16-23-13-10-12-22-11-8-9-14-24(22)23/h8-14,19-21,28H,15-18H2,1-7H3,(H,38,46)(H2,34,36,37)/t20-,21-,28+,32-,45?/m0/s1. The van der Waals surface area contributed by atoms with Crippen LogP contribution in [0.5, 0.6) is 0 Å². The van der Waals surface area contributed by atoms with Crippen molar-refractivity contribution in [1.29, 1.82) is 0 Å². The number of carbonyl (C=O) groups is 1. The van der Waals surface area contributed by atoms with Crippen LogP contribution in [0, 0.1) is 11.3 Å². The fourth-order valence-corrected chi connectivity index (χ4v) is 8.67. The first-order valence-corrected chi connectivity index (χ1v) is 18.2. The van der Waals surface area contributed by atoms with Gasteiger partial charge < -0.3 is 24.6 Å². The van der Waals surface area contributed by atoms with Gasteiger partial charge in [-0.15, -0.1) is 0 Å². The molecule has 14 heteroatoms. The number of halogens is 1. The molecule has 2 aromatic heterocycles. The first-order chi connectivity index (χ1) is 21.6. The molecule has 2 aromatic carbocycles. The van der Waals surface area contributed by atoms with Crippen LogP contribution in [0.25, 0.3) is 21.9 Å². The molecule has 0 amide bonds. The average Bonchev–Trinajstić information content (AvgIpc) is 3.53. The zero-order valence-electron chi connectivity index (χ0n) is 27.4. The maximum atomic E-state index is 16.6. The fourth-order valence-electron chi connectivity index (χ4n) is 5.55. The van der Waals surface area contributed by atoms with Crippen molar-refractivity contribution in [3.05, 3.63) is 54.4 Å². The third-order valence-electron chi connectivity index (χ3n) is 7.70. The van der Waals surface area contributed by atoms with Crippen LogP contribution in [0.15, 0.2) is 48.8 Å².